The van der Waals surface area contributed by atoms with E-state index in [1.165, 1.54) is 16.9 Å². The number of carbonyl (C=O) groups is 2. The van der Waals surface area contributed by atoms with Gasteiger partial charge in [-0.3, -0.25) is 4.79 Å². The topological polar surface area (TPSA) is 153 Å². The number of hydrogen-bond donors (Lipinski definition) is 4. The molecule has 12 heteroatoms. The Morgan fingerprint density at radius 1 is 1.05 bits per heavy atom. The maximum atomic E-state index is 13.1. The Hall–Kier alpha value is -3.32. The molecule has 1 aromatic heterocycles. The van der Waals surface area contributed by atoms with Gasteiger partial charge in [-0.25, -0.2) is 19.6 Å². The lowest BCUT2D eigenvalue weighted by Gasteiger charge is -2.19. The van der Waals surface area contributed by atoms with Crippen molar-refractivity contribution in [2.75, 3.05) is 11.9 Å². The van der Waals surface area contributed by atoms with E-state index in [0.29, 0.717) is 18.0 Å². The summed E-state index contributed by atoms with van der Waals surface area (Å²) >= 11 is 1.28. The van der Waals surface area contributed by atoms with Crippen molar-refractivity contribution in [2.24, 2.45) is 5.14 Å². The van der Waals surface area contributed by atoms with Crippen LogP contribution in [0.15, 0.2) is 60.0 Å². The molecule has 210 valence electrons. The highest BCUT2D eigenvalue weighted by atomic mass is 32.2. The van der Waals surface area contributed by atoms with Gasteiger partial charge in [0.25, 0.3) is 10.2 Å². The molecule has 0 aliphatic heterocycles. The molecule has 0 spiro atoms. The predicted octanol–water partition coefficient (Wildman–Crippen LogP) is 4.30. The molecule has 1 heterocycles. The number of rotatable bonds is 12. The summed E-state index contributed by atoms with van der Waals surface area (Å²) in [4.78, 5) is 30.1. The van der Waals surface area contributed by atoms with Crippen molar-refractivity contribution in [3.63, 3.8) is 0 Å². The van der Waals surface area contributed by atoms with Crippen LogP contribution in [0.25, 0.3) is 11.3 Å². The zero-order valence-corrected chi connectivity index (χ0v) is 23.9. The normalized spacial score (nSPS) is 12.5. The first-order chi connectivity index (χ1) is 18.4. The van der Waals surface area contributed by atoms with Crippen LogP contribution in [0.2, 0.25) is 0 Å². The number of unbranched alkanes of at least 4 members (excludes halogenated alkanes) is 1. The summed E-state index contributed by atoms with van der Waals surface area (Å²) in [6, 6.07) is 16.4. The third kappa shape index (κ3) is 10.4. The van der Waals surface area contributed by atoms with Gasteiger partial charge >= 0.3 is 6.09 Å². The van der Waals surface area contributed by atoms with Crippen LogP contribution in [0.4, 0.5) is 9.93 Å². The second-order valence-corrected chi connectivity index (χ2v) is 12.3. The molecule has 2 amide bonds. The van der Waals surface area contributed by atoms with Crippen LogP contribution >= 0.6 is 11.3 Å². The molecule has 0 aliphatic rings. The number of nitrogens with zero attached hydrogens (tertiary/aromatic N) is 1. The Morgan fingerprint density at radius 3 is 2.38 bits per heavy atom. The minimum Gasteiger partial charge on any atom is -0.445 e. The fourth-order valence-corrected chi connectivity index (χ4v) is 4.81. The van der Waals surface area contributed by atoms with Gasteiger partial charge in [0.15, 0.2) is 5.13 Å². The van der Waals surface area contributed by atoms with Gasteiger partial charge in [0.2, 0.25) is 5.91 Å². The van der Waals surface area contributed by atoms with Crippen LogP contribution in [0.5, 0.6) is 0 Å². The lowest BCUT2D eigenvalue weighted by atomic mass is 9.86. The molecule has 0 radical (unpaired) electrons. The number of nitrogens with one attached hydrogen (secondary N) is 3. The van der Waals surface area contributed by atoms with Gasteiger partial charge in [0.1, 0.15) is 12.6 Å². The summed E-state index contributed by atoms with van der Waals surface area (Å²) in [7, 11) is -3.79. The van der Waals surface area contributed by atoms with Crippen LogP contribution in [0.3, 0.4) is 0 Å². The fourth-order valence-electron chi connectivity index (χ4n) is 3.66. The van der Waals surface area contributed by atoms with Gasteiger partial charge in [0.05, 0.1) is 5.69 Å². The Balaban J connectivity index is 1.62. The zero-order valence-electron chi connectivity index (χ0n) is 22.3. The first-order valence-corrected chi connectivity index (χ1v) is 15.0. The number of thiazole rings is 1. The van der Waals surface area contributed by atoms with Gasteiger partial charge < -0.3 is 15.4 Å². The Kier molecular flexibility index (Phi) is 10.6. The van der Waals surface area contributed by atoms with Gasteiger partial charge in [-0.2, -0.15) is 8.42 Å². The summed E-state index contributed by atoms with van der Waals surface area (Å²) in [5.74, 6) is -0.449. The maximum absolute atomic E-state index is 13.1. The lowest BCUT2D eigenvalue weighted by Crippen LogP contribution is -2.44. The summed E-state index contributed by atoms with van der Waals surface area (Å²) in [5.41, 5.74) is 3.73. The molecule has 39 heavy (non-hydrogen) atoms. The summed E-state index contributed by atoms with van der Waals surface area (Å²) in [5, 5.41) is 12.6. The van der Waals surface area contributed by atoms with Crippen molar-refractivity contribution < 1.29 is 22.7 Å². The van der Waals surface area contributed by atoms with Gasteiger partial charge in [-0.05, 0) is 35.8 Å². The predicted molar refractivity (Wildman–Crippen MR) is 153 cm³/mol. The third-order valence-electron chi connectivity index (χ3n) is 5.83. The van der Waals surface area contributed by atoms with E-state index < -0.39 is 28.3 Å². The highest BCUT2D eigenvalue weighted by Crippen LogP contribution is 2.28. The van der Waals surface area contributed by atoms with Crippen molar-refractivity contribution in [1.82, 2.24) is 15.0 Å². The van der Waals surface area contributed by atoms with Gasteiger partial charge in [0, 0.05) is 17.5 Å². The minimum atomic E-state index is -3.79. The number of benzene rings is 2. The molecular formula is C27H35N5O5S2. The molecule has 0 saturated heterocycles. The molecule has 3 aromatic rings. The van der Waals surface area contributed by atoms with Crippen LogP contribution in [0, 0.1) is 0 Å². The van der Waals surface area contributed by atoms with Crippen LogP contribution < -0.4 is 20.5 Å². The van der Waals surface area contributed by atoms with Gasteiger partial charge in [-0.1, -0.05) is 75.4 Å². The average Bonchev–Trinajstić information content (AvgIpc) is 3.34. The molecule has 1 atom stereocenters. The SMILES string of the molecule is CC(C)(C)c1ccc(-c2csc(NC(=O)[C@H](CCCCNS(N)(=O)=O)NC(=O)OCc3ccccc3)n2)cc1. The van der Waals surface area contributed by atoms with E-state index in [0.717, 1.165) is 16.8 Å². The number of carbonyl (C=O) groups excluding carboxylic acids is 2. The number of anilines is 1. The number of alkyl carbamates (subject to hydrolysis) is 1. The lowest BCUT2D eigenvalue weighted by molar-refractivity contribution is -0.118. The summed E-state index contributed by atoms with van der Waals surface area (Å²) < 4.78 is 29.6. The Bertz CT molecular complexity index is 1340. The second kappa shape index (κ2) is 13.7. The molecule has 3 rings (SSSR count). The Labute approximate surface area is 233 Å². The first-order valence-electron chi connectivity index (χ1n) is 12.5. The molecular weight excluding hydrogens is 538 g/mol. The zero-order chi connectivity index (χ0) is 28.5. The van der Waals surface area contributed by atoms with Crippen LogP contribution in [-0.4, -0.2) is 38.0 Å². The van der Waals surface area contributed by atoms with Crippen LogP contribution in [0.1, 0.15) is 51.2 Å². The van der Waals surface area contributed by atoms with E-state index >= 15 is 0 Å². The van der Waals surface area contributed by atoms with Crippen molar-refractivity contribution >= 4 is 38.7 Å². The van der Waals surface area contributed by atoms with E-state index in [-0.39, 0.29) is 25.0 Å². The van der Waals surface area contributed by atoms with Crippen molar-refractivity contribution in [3.8, 4) is 11.3 Å². The molecule has 0 unspecified atom stereocenters. The maximum Gasteiger partial charge on any atom is 0.408 e. The number of aromatic nitrogens is 1. The molecule has 5 N–H and O–H groups in total. The van der Waals surface area contributed by atoms with Crippen molar-refractivity contribution in [3.05, 3.63) is 71.1 Å². The third-order valence-corrected chi connectivity index (χ3v) is 7.19. The van der Waals surface area contributed by atoms with Crippen molar-refractivity contribution in [2.45, 2.75) is 58.1 Å². The quantitative estimate of drug-likeness (QED) is 0.237. The standard InChI is InChI=1S/C27H35N5O5S2/c1-27(2,3)21-14-12-20(13-15-21)23-18-38-25(30-23)32-24(33)22(11-7-8-16-29-39(28,35)36)31-26(34)37-17-19-9-5-4-6-10-19/h4-6,9-10,12-15,18,22,29H,7-8,11,16-17H2,1-3H3,(H,31,34)(H2,28,35,36)(H,30,32,33)/t22-/m0/s1. The van der Waals surface area contributed by atoms with Gasteiger partial charge in [-0.15, -0.1) is 11.3 Å². The fraction of sp³-hybridized carbons (Fsp3) is 0.370. The number of amides is 2. The highest BCUT2D eigenvalue weighted by molar-refractivity contribution is 7.87. The molecule has 0 aliphatic carbocycles. The van der Waals surface area contributed by atoms with Crippen molar-refractivity contribution in [1.29, 1.82) is 0 Å². The molecule has 0 bridgehead atoms. The van der Waals surface area contributed by atoms with E-state index in [1.807, 2.05) is 47.8 Å². The van der Waals surface area contributed by atoms with E-state index in [2.05, 4.69) is 53.2 Å². The number of nitrogens with two attached hydrogens (primary N) is 1. The number of ether oxygens (including phenoxy) is 1. The average molecular weight is 574 g/mol. The second-order valence-electron chi connectivity index (χ2n) is 10.0. The minimum absolute atomic E-state index is 0.0403. The van der Waals surface area contributed by atoms with E-state index in [9.17, 15) is 18.0 Å². The highest BCUT2D eigenvalue weighted by Gasteiger charge is 2.23. The smallest absolute Gasteiger partial charge is 0.408 e. The molecule has 0 saturated carbocycles. The van der Waals surface area contributed by atoms with E-state index in [1.54, 1.807) is 0 Å². The van der Waals surface area contributed by atoms with Crippen LogP contribution in [-0.2, 0) is 31.8 Å². The Morgan fingerprint density at radius 2 is 1.74 bits per heavy atom. The summed E-state index contributed by atoms with van der Waals surface area (Å²) in [6.45, 7) is 6.63. The molecule has 2 aromatic carbocycles. The number of hydrogen-bond acceptors (Lipinski definition) is 7. The molecule has 0 fully saturated rings. The van der Waals surface area contributed by atoms with E-state index in [4.69, 9.17) is 9.88 Å². The summed E-state index contributed by atoms with van der Waals surface area (Å²) in [6.07, 6.45) is 0.390. The largest absolute Gasteiger partial charge is 0.445 e. The first kappa shape index (κ1) is 30.2. The molecule has 10 nitrogen and oxygen atoms in total. The monoisotopic (exact) mass is 573 g/mol.